The van der Waals surface area contributed by atoms with Gasteiger partial charge in [-0.1, -0.05) is 18.2 Å². The number of carbonyl (C=O) groups excluding carboxylic acids is 1. The number of ether oxygens (including phenoxy) is 1. The fourth-order valence-electron chi connectivity index (χ4n) is 0.952. The molecule has 0 heterocycles. The van der Waals surface area contributed by atoms with E-state index in [1.165, 1.54) is 14.2 Å². The summed E-state index contributed by atoms with van der Waals surface area (Å²) in [5, 5.41) is 2.92. The number of nitrogens with zero attached hydrogens (tertiary/aromatic N) is 1. The minimum atomic E-state index is -0.394. The van der Waals surface area contributed by atoms with Crippen LogP contribution in [0.1, 0.15) is 0 Å². The first kappa shape index (κ1) is 10.2. The number of hydrogen-bond acceptors (Lipinski definition) is 2. The van der Waals surface area contributed by atoms with Crippen LogP contribution in [-0.4, -0.2) is 20.2 Å². The molecular weight excluding hydrogens is 180 g/mol. The van der Waals surface area contributed by atoms with Crippen molar-refractivity contribution in [3.63, 3.8) is 0 Å². The summed E-state index contributed by atoms with van der Waals surface area (Å²) in [5.74, 6) is 0.568. The monoisotopic (exact) mass is 192 g/mol. The molecule has 1 aromatic rings. The number of amides is 2. The predicted octanol–water partition coefficient (Wildman–Crippen LogP) is 0.935. The molecule has 1 N–H and O–H groups in total. The van der Waals surface area contributed by atoms with E-state index in [0.717, 1.165) is 0 Å². The van der Waals surface area contributed by atoms with E-state index in [9.17, 15) is 4.79 Å². The van der Waals surface area contributed by atoms with Gasteiger partial charge in [-0.25, -0.2) is 4.79 Å². The molecule has 1 aromatic carbocycles. The van der Waals surface area contributed by atoms with E-state index in [4.69, 9.17) is 4.74 Å². The summed E-state index contributed by atoms with van der Waals surface area (Å²) in [6.07, 6.45) is 0. The standard InChI is InChI=1S/C10H12N2O2/c1-11-10(13)12-8-6-4-3-5-7-9(8)14-2/h3-7H,1-2H3,(H,11,13)/b12-8-. The maximum Gasteiger partial charge on any atom is 0.341 e. The predicted molar refractivity (Wildman–Crippen MR) is 53.0 cm³/mol. The topological polar surface area (TPSA) is 50.7 Å². The van der Waals surface area contributed by atoms with Crippen molar-refractivity contribution >= 4 is 6.03 Å². The summed E-state index contributed by atoms with van der Waals surface area (Å²) in [6, 6.07) is 8.53. The molecule has 0 bridgehead atoms. The SMILES string of the molecule is CNC(=O)/N=c1/cccccc1OC. The molecule has 0 atom stereocenters. The van der Waals surface area contributed by atoms with Crippen LogP contribution in [0.3, 0.4) is 0 Å². The van der Waals surface area contributed by atoms with E-state index in [2.05, 4.69) is 10.3 Å². The summed E-state index contributed by atoms with van der Waals surface area (Å²) in [6.45, 7) is 0. The molecule has 74 valence electrons. The fourth-order valence-corrected chi connectivity index (χ4v) is 0.952. The molecule has 0 radical (unpaired) electrons. The third kappa shape index (κ3) is 2.58. The van der Waals surface area contributed by atoms with Gasteiger partial charge in [0.2, 0.25) is 0 Å². The van der Waals surface area contributed by atoms with Gasteiger partial charge in [0.05, 0.1) is 7.11 Å². The highest BCUT2D eigenvalue weighted by Crippen LogP contribution is 1.98. The largest absolute Gasteiger partial charge is 0.494 e. The Bertz CT molecular complexity index is 388. The van der Waals surface area contributed by atoms with Crippen LogP contribution < -0.4 is 15.4 Å². The fraction of sp³-hybridized carbons (Fsp3) is 0.200. The Morgan fingerprint density at radius 3 is 2.71 bits per heavy atom. The van der Waals surface area contributed by atoms with Gasteiger partial charge in [0.1, 0.15) is 11.1 Å². The van der Waals surface area contributed by atoms with Crippen molar-refractivity contribution in [3.05, 3.63) is 35.7 Å². The van der Waals surface area contributed by atoms with Gasteiger partial charge in [-0.05, 0) is 12.1 Å². The summed E-state index contributed by atoms with van der Waals surface area (Å²) in [7, 11) is 3.07. The highest BCUT2D eigenvalue weighted by Gasteiger charge is 1.95. The molecule has 1 rings (SSSR count). The normalized spacial score (nSPS) is 10.9. The zero-order valence-corrected chi connectivity index (χ0v) is 8.15. The van der Waals surface area contributed by atoms with Gasteiger partial charge in [0.25, 0.3) is 0 Å². The number of urea groups is 1. The van der Waals surface area contributed by atoms with Crippen LogP contribution in [0, 0.1) is 0 Å². The van der Waals surface area contributed by atoms with Crippen LogP contribution >= 0.6 is 0 Å². The van der Waals surface area contributed by atoms with Gasteiger partial charge < -0.3 is 10.1 Å². The van der Waals surface area contributed by atoms with Crippen molar-refractivity contribution in [1.82, 2.24) is 5.32 Å². The molecule has 0 aliphatic rings. The lowest BCUT2D eigenvalue weighted by molar-refractivity contribution is 0.250. The van der Waals surface area contributed by atoms with Crippen molar-refractivity contribution in [3.8, 4) is 5.75 Å². The van der Waals surface area contributed by atoms with Crippen molar-refractivity contribution in [1.29, 1.82) is 0 Å². The van der Waals surface area contributed by atoms with E-state index in [-0.39, 0.29) is 0 Å². The second kappa shape index (κ2) is 5.01. The second-order valence-electron chi connectivity index (χ2n) is 2.53. The average molecular weight is 192 g/mol. The zero-order chi connectivity index (χ0) is 10.4. The highest BCUT2D eigenvalue weighted by atomic mass is 16.5. The van der Waals surface area contributed by atoms with Gasteiger partial charge >= 0.3 is 6.03 Å². The molecule has 0 fully saturated rings. The Labute approximate surface area is 82.3 Å². The molecule has 0 saturated heterocycles. The summed E-state index contributed by atoms with van der Waals surface area (Å²) < 4.78 is 5.08. The van der Waals surface area contributed by atoms with E-state index in [1.54, 1.807) is 18.2 Å². The lowest BCUT2D eigenvalue weighted by Crippen LogP contribution is -2.17. The Morgan fingerprint density at radius 1 is 1.36 bits per heavy atom. The maximum atomic E-state index is 11.0. The summed E-state index contributed by atoms with van der Waals surface area (Å²) in [5.41, 5.74) is 0. The smallest absolute Gasteiger partial charge is 0.341 e. The van der Waals surface area contributed by atoms with E-state index >= 15 is 0 Å². The molecule has 14 heavy (non-hydrogen) atoms. The van der Waals surface area contributed by atoms with E-state index in [0.29, 0.717) is 11.1 Å². The lowest BCUT2D eigenvalue weighted by Gasteiger charge is -1.95. The van der Waals surface area contributed by atoms with Crippen LogP contribution in [0.25, 0.3) is 0 Å². The highest BCUT2D eigenvalue weighted by molar-refractivity contribution is 5.74. The first-order valence-corrected chi connectivity index (χ1v) is 4.17. The third-order valence-electron chi connectivity index (χ3n) is 1.63. The first-order chi connectivity index (χ1) is 6.77. The van der Waals surface area contributed by atoms with Crippen LogP contribution in [0.15, 0.2) is 35.3 Å². The average Bonchev–Trinajstić information content (AvgIpc) is 2.42. The molecule has 0 aliphatic carbocycles. The maximum absolute atomic E-state index is 11.0. The van der Waals surface area contributed by atoms with Crippen molar-refractivity contribution < 1.29 is 9.53 Å². The molecule has 0 aliphatic heterocycles. The van der Waals surface area contributed by atoms with E-state index < -0.39 is 6.03 Å². The Hall–Kier alpha value is -1.84. The number of methoxy groups -OCH3 is 1. The van der Waals surface area contributed by atoms with Crippen LogP contribution in [-0.2, 0) is 0 Å². The van der Waals surface area contributed by atoms with Crippen molar-refractivity contribution in [2.45, 2.75) is 0 Å². The molecule has 4 heteroatoms. The summed E-state index contributed by atoms with van der Waals surface area (Å²) >= 11 is 0. The first-order valence-electron chi connectivity index (χ1n) is 4.17. The molecule has 4 nitrogen and oxygen atoms in total. The second-order valence-corrected chi connectivity index (χ2v) is 2.53. The third-order valence-corrected chi connectivity index (χ3v) is 1.63. The molecular formula is C10H12N2O2. The van der Waals surface area contributed by atoms with Gasteiger partial charge in [-0.3, -0.25) is 0 Å². The molecule has 0 aromatic heterocycles. The van der Waals surface area contributed by atoms with Crippen LogP contribution in [0.5, 0.6) is 5.75 Å². The number of hydrogen-bond donors (Lipinski definition) is 1. The number of carbonyl (C=O) groups is 1. The van der Waals surface area contributed by atoms with Crippen molar-refractivity contribution in [2.75, 3.05) is 14.2 Å². The van der Waals surface area contributed by atoms with Gasteiger partial charge in [-0.2, -0.15) is 4.99 Å². The molecule has 0 saturated carbocycles. The zero-order valence-electron chi connectivity index (χ0n) is 8.15. The van der Waals surface area contributed by atoms with E-state index in [1.807, 2.05) is 12.1 Å². The quantitative estimate of drug-likeness (QED) is 0.719. The lowest BCUT2D eigenvalue weighted by atomic mass is 10.4. The van der Waals surface area contributed by atoms with Gasteiger partial charge in [0, 0.05) is 7.05 Å². The van der Waals surface area contributed by atoms with Gasteiger partial charge in [0.15, 0.2) is 0 Å². The minimum Gasteiger partial charge on any atom is -0.494 e. The van der Waals surface area contributed by atoms with Crippen molar-refractivity contribution in [2.24, 2.45) is 4.99 Å². The van der Waals surface area contributed by atoms with Crippen LogP contribution in [0.4, 0.5) is 4.79 Å². The minimum absolute atomic E-state index is 0.394. The molecule has 2 amide bonds. The Morgan fingerprint density at radius 2 is 2.07 bits per heavy atom. The summed E-state index contributed by atoms with van der Waals surface area (Å²) in [4.78, 5) is 14.8. The molecule has 0 unspecified atom stereocenters. The van der Waals surface area contributed by atoms with Gasteiger partial charge in [-0.15, -0.1) is 0 Å². The number of nitrogens with one attached hydrogen (secondary N) is 1. The Balaban J connectivity index is 3.27. The molecule has 0 spiro atoms. The number of rotatable bonds is 1. The Kier molecular flexibility index (Phi) is 3.67. The van der Waals surface area contributed by atoms with Crippen LogP contribution in [0.2, 0.25) is 0 Å².